The molecule has 8 nitrogen and oxygen atoms in total. The average Bonchev–Trinajstić information content (AvgIpc) is 2.75. The predicted molar refractivity (Wildman–Crippen MR) is 117 cm³/mol. The van der Waals surface area contributed by atoms with Crippen LogP contribution in [-0.4, -0.2) is 58.2 Å². The van der Waals surface area contributed by atoms with Gasteiger partial charge in [-0.05, 0) is 26.0 Å². The van der Waals surface area contributed by atoms with E-state index in [2.05, 4.69) is 11.9 Å². The number of rotatable bonds is 13. The second kappa shape index (κ2) is 13.3. The number of fused-ring (bicyclic) bond motifs is 1. The van der Waals surface area contributed by atoms with Crippen LogP contribution in [0, 0.1) is 0 Å². The molecule has 168 valence electrons. The third kappa shape index (κ3) is 8.27. The number of hydrogen-bond donors (Lipinski definition) is 1. The molecule has 0 fully saturated rings. The summed E-state index contributed by atoms with van der Waals surface area (Å²) in [5.41, 5.74) is 0.352. The molecule has 1 N–H and O–H groups in total. The first-order chi connectivity index (χ1) is 15.0. The lowest BCUT2D eigenvalue weighted by Gasteiger charge is -2.12. The van der Waals surface area contributed by atoms with Gasteiger partial charge in [-0.1, -0.05) is 30.8 Å². The van der Waals surface area contributed by atoms with Crippen LogP contribution in [0.5, 0.6) is 11.5 Å². The molecule has 0 saturated carbocycles. The van der Waals surface area contributed by atoms with E-state index in [1.54, 1.807) is 13.0 Å². The van der Waals surface area contributed by atoms with Gasteiger partial charge >= 0.3 is 12.1 Å². The van der Waals surface area contributed by atoms with Gasteiger partial charge in [0.15, 0.2) is 0 Å². The normalized spacial score (nSPS) is 10.5. The summed E-state index contributed by atoms with van der Waals surface area (Å²) < 4.78 is 26.6. The molecule has 2 aromatic carbocycles. The van der Waals surface area contributed by atoms with E-state index in [-0.39, 0.29) is 13.2 Å². The number of esters is 1. The van der Waals surface area contributed by atoms with Crippen molar-refractivity contribution in [1.82, 2.24) is 5.32 Å². The van der Waals surface area contributed by atoms with Crippen LogP contribution in [0.25, 0.3) is 10.8 Å². The third-order valence-electron chi connectivity index (χ3n) is 4.04. The predicted octanol–water partition coefficient (Wildman–Crippen LogP) is 3.48. The molecule has 0 radical (unpaired) electrons. The van der Waals surface area contributed by atoms with E-state index in [1.165, 1.54) is 0 Å². The van der Waals surface area contributed by atoms with Crippen molar-refractivity contribution in [2.24, 2.45) is 0 Å². The van der Waals surface area contributed by atoms with E-state index in [0.717, 1.165) is 16.5 Å². The molecule has 0 aliphatic carbocycles. The first kappa shape index (κ1) is 24.2. The Morgan fingerprint density at radius 2 is 1.52 bits per heavy atom. The Bertz CT molecular complexity index is 881. The summed E-state index contributed by atoms with van der Waals surface area (Å²) in [5.74, 6) is 0.768. The van der Waals surface area contributed by atoms with E-state index < -0.39 is 12.1 Å². The summed E-state index contributed by atoms with van der Waals surface area (Å²) in [7, 11) is 0. The fourth-order valence-electron chi connectivity index (χ4n) is 2.62. The third-order valence-corrected chi connectivity index (χ3v) is 4.04. The molecular weight excluding hydrogens is 402 g/mol. The van der Waals surface area contributed by atoms with Gasteiger partial charge in [0, 0.05) is 22.9 Å². The van der Waals surface area contributed by atoms with Gasteiger partial charge in [0.05, 0.1) is 33.0 Å². The summed E-state index contributed by atoms with van der Waals surface area (Å²) in [6.07, 6.45) is -0.562. The lowest BCUT2D eigenvalue weighted by molar-refractivity contribution is -0.140. The van der Waals surface area contributed by atoms with Gasteiger partial charge in [-0.15, -0.1) is 0 Å². The lowest BCUT2D eigenvalue weighted by atomic mass is 10.1. The van der Waals surface area contributed by atoms with Crippen LogP contribution in [0.1, 0.15) is 13.8 Å². The Labute approximate surface area is 182 Å². The van der Waals surface area contributed by atoms with E-state index >= 15 is 0 Å². The topological polar surface area (TPSA) is 92.3 Å². The molecule has 2 rings (SSSR count). The molecule has 1 amide bonds. The number of ether oxygens (including phenoxy) is 5. The molecular formula is C23H29NO7. The molecule has 2 aromatic rings. The Morgan fingerprint density at radius 3 is 2.19 bits per heavy atom. The standard InChI is InChI=1S/C23H29NO7/c1-4-29-20-9-5-8-19-18(20)7-6-10-21(19)31-23(26)24-11-12-27-13-14-28-15-16-30-22(25)17(2)3/h5-10H,2,4,11-16H2,1,3H3,(H,24,26). The molecule has 0 saturated heterocycles. The molecule has 8 heteroatoms. The summed E-state index contributed by atoms with van der Waals surface area (Å²) in [6.45, 7) is 9.31. The minimum absolute atomic E-state index is 0.166. The second-order valence-electron chi connectivity index (χ2n) is 6.50. The van der Waals surface area contributed by atoms with Crippen LogP contribution in [0.4, 0.5) is 4.79 Å². The number of amides is 1. The smallest absolute Gasteiger partial charge is 0.412 e. The van der Waals surface area contributed by atoms with E-state index in [0.29, 0.717) is 44.3 Å². The monoisotopic (exact) mass is 431 g/mol. The molecule has 0 aliphatic rings. The Morgan fingerprint density at radius 1 is 0.903 bits per heavy atom. The minimum Gasteiger partial charge on any atom is -0.493 e. The number of carbonyl (C=O) groups excluding carboxylic acids is 2. The fourth-order valence-corrected chi connectivity index (χ4v) is 2.62. The van der Waals surface area contributed by atoms with Crippen molar-refractivity contribution in [2.45, 2.75) is 13.8 Å². The average molecular weight is 431 g/mol. The number of carbonyl (C=O) groups is 2. The summed E-state index contributed by atoms with van der Waals surface area (Å²) in [4.78, 5) is 23.3. The quantitative estimate of drug-likeness (QED) is 0.295. The minimum atomic E-state index is -0.562. The van der Waals surface area contributed by atoms with Crippen molar-refractivity contribution in [2.75, 3.05) is 46.2 Å². The highest BCUT2D eigenvalue weighted by Crippen LogP contribution is 2.32. The molecule has 0 aliphatic heterocycles. The molecule has 0 heterocycles. The van der Waals surface area contributed by atoms with Gasteiger partial charge in [-0.2, -0.15) is 0 Å². The summed E-state index contributed by atoms with van der Waals surface area (Å²) >= 11 is 0. The maximum Gasteiger partial charge on any atom is 0.412 e. The van der Waals surface area contributed by atoms with Crippen molar-refractivity contribution in [3.63, 3.8) is 0 Å². The van der Waals surface area contributed by atoms with E-state index in [9.17, 15) is 9.59 Å². The number of benzene rings is 2. The lowest BCUT2D eigenvalue weighted by Crippen LogP contribution is -2.30. The highest BCUT2D eigenvalue weighted by Gasteiger charge is 2.10. The maximum atomic E-state index is 12.1. The maximum absolute atomic E-state index is 12.1. The molecule has 31 heavy (non-hydrogen) atoms. The van der Waals surface area contributed by atoms with Crippen molar-refractivity contribution < 1.29 is 33.3 Å². The van der Waals surface area contributed by atoms with Crippen LogP contribution in [-0.2, 0) is 19.0 Å². The van der Waals surface area contributed by atoms with Gasteiger partial charge in [-0.25, -0.2) is 9.59 Å². The van der Waals surface area contributed by atoms with Crippen LogP contribution < -0.4 is 14.8 Å². The van der Waals surface area contributed by atoms with Gasteiger partial charge in [0.1, 0.15) is 18.1 Å². The number of nitrogens with one attached hydrogen (secondary N) is 1. The first-order valence-electron chi connectivity index (χ1n) is 10.1. The zero-order valence-electron chi connectivity index (χ0n) is 18.0. The van der Waals surface area contributed by atoms with E-state index in [4.69, 9.17) is 23.7 Å². The van der Waals surface area contributed by atoms with Gasteiger partial charge in [-0.3, -0.25) is 0 Å². The zero-order chi connectivity index (χ0) is 22.5. The highest BCUT2D eigenvalue weighted by molar-refractivity contribution is 5.94. The van der Waals surface area contributed by atoms with Crippen LogP contribution in [0.2, 0.25) is 0 Å². The Balaban J connectivity index is 1.62. The van der Waals surface area contributed by atoms with E-state index in [1.807, 2.05) is 37.3 Å². The number of hydrogen-bond acceptors (Lipinski definition) is 7. The van der Waals surface area contributed by atoms with Crippen molar-refractivity contribution in [1.29, 1.82) is 0 Å². The van der Waals surface area contributed by atoms with Crippen molar-refractivity contribution >= 4 is 22.8 Å². The largest absolute Gasteiger partial charge is 0.493 e. The van der Waals surface area contributed by atoms with Crippen molar-refractivity contribution in [3.05, 3.63) is 48.6 Å². The zero-order valence-corrected chi connectivity index (χ0v) is 18.0. The summed E-state index contributed by atoms with van der Waals surface area (Å²) in [6, 6.07) is 11.1. The second-order valence-corrected chi connectivity index (χ2v) is 6.50. The molecule has 0 atom stereocenters. The van der Waals surface area contributed by atoms with Crippen molar-refractivity contribution in [3.8, 4) is 11.5 Å². The molecule has 0 aromatic heterocycles. The van der Waals surface area contributed by atoms with Crippen LogP contribution in [0.3, 0.4) is 0 Å². The highest BCUT2D eigenvalue weighted by atomic mass is 16.6. The Hall–Kier alpha value is -3.10. The van der Waals surface area contributed by atoms with Gasteiger partial charge in [0.2, 0.25) is 0 Å². The first-order valence-corrected chi connectivity index (χ1v) is 10.1. The van der Waals surface area contributed by atoms with Gasteiger partial charge < -0.3 is 29.0 Å². The molecule has 0 spiro atoms. The summed E-state index contributed by atoms with van der Waals surface area (Å²) in [5, 5.41) is 4.32. The van der Waals surface area contributed by atoms with Crippen LogP contribution >= 0.6 is 0 Å². The fraction of sp³-hybridized carbons (Fsp3) is 0.391. The van der Waals surface area contributed by atoms with Crippen LogP contribution in [0.15, 0.2) is 48.6 Å². The van der Waals surface area contributed by atoms with Gasteiger partial charge in [0.25, 0.3) is 0 Å². The Kier molecular flexibility index (Phi) is 10.3. The SMILES string of the molecule is C=C(C)C(=O)OCCOCCOCCNC(=O)Oc1cccc2c(OCC)cccc12. The molecule has 0 bridgehead atoms. The molecule has 0 unspecified atom stereocenters.